The van der Waals surface area contributed by atoms with E-state index in [0.717, 1.165) is 59.7 Å². The predicted molar refractivity (Wildman–Crippen MR) is 142 cm³/mol. The van der Waals surface area contributed by atoms with E-state index in [1.165, 1.54) is 6.42 Å². The molecule has 2 heterocycles. The van der Waals surface area contributed by atoms with E-state index >= 15 is 0 Å². The number of carbonyl (C=O) groups excluding carboxylic acids is 1. The standard InChI is InChI=1S/C30H36N4O3/c1-30(17-23-18-33-26-8-3-2-7-25(23)26,28(35)32-11-9-24-6-4-5-10-31-24)34(29(36)37)27-21-13-19-12-20(15-21)16-22(27)14-19/h2-8,10,18-22,27,33H,9,11-17H2,1H3,(H,32,35)(H,36,37). The number of hydrogen-bond donors (Lipinski definition) is 3. The Hall–Kier alpha value is -3.35. The quantitative estimate of drug-likeness (QED) is 0.404. The van der Waals surface area contributed by atoms with Crippen molar-refractivity contribution in [2.75, 3.05) is 6.54 Å². The molecule has 4 fully saturated rings. The van der Waals surface area contributed by atoms with Gasteiger partial charge in [0.25, 0.3) is 0 Å². The number of rotatable bonds is 8. The summed E-state index contributed by atoms with van der Waals surface area (Å²) in [6, 6.07) is 13.6. The number of nitrogens with zero attached hydrogens (tertiary/aromatic N) is 2. The van der Waals surface area contributed by atoms with Crippen LogP contribution in [0, 0.1) is 23.7 Å². The van der Waals surface area contributed by atoms with Crippen molar-refractivity contribution in [2.45, 2.75) is 63.5 Å². The van der Waals surface area contributed by atoms with Crippen molar-refractivity contribution in [3.05, 3.63) is 66.1 Å². The van der Waals surface area contributed by atoms with Crippen LogP contribution >= 0.6 is 0 Å². The summed E-state index contributed by atoms with van der Waals surface area (Å²) in [5.74, 6) is 1.90. The van der Waals surface area contributed by atoms with Crippen LogP contribution in [0.5, 0.6) is 0 Å². The van der Waals surface area contributed by atoms with Gasteiger partial charge in [0.05, 0.1) is 0 Å². The zero-order valence-electron chi connectivity index (χ0n) is 21.4. The number of aromatic amines is 1. The Labute approximate surface area is 217 Å². The third-order valence-electron chi connectivity index (χ3n) is 9.30. The highest BCUT2D eigenvalue weighted by Crippen LogP contribution is 2.56. The summed E-state index contributed by atoms with van der Waals surface area (Å²) in [7, 11) is 0. The molecule has 3 aromatic rings. The first-order chi connectivity index (χ1) is 17.9. The number of nitrogens with one attached hydrogen (secondary N) is 2. The first-order valence-corrected chi connectivity index (χ1v) is 13.7. The SMILES string of the molecule is CC(Cc1c[nH]c2ccccc12)(C(=O)NCCc1ccccn1)N(C(=O)O)C1C2CC3CC(C2)CC1C3. The number of pyridine rings is 1. The fraction of sp³-hybridized carbons (Fsp3) is 0.500. The molecule has 0 spiro atoms. The van der Waals surface area contributed by atoms with Crippen molar-refractivity contribution >= 4 is 22.9 Å². The van der Waals surface area contributed by atoms with E-state index in [4.69, 9.17) is 0 Å². The lowest BCUT2D eigenvalue weighted by molar-refractivity contribution is -0.140. The Morgan fingerprint density at radius 2 is 1.76 bits per heavy atom. The average Bonchev–Trinajstić information content (AvgIpc) is 3.28. The van der Waals surface area contributed by atoms with Gasteiger partial charge in [-0.2, -0.15) is 0 Å². The van der Waals surface area contributed by atoms with Gasteiger partial charge in [0.15, 0.2) is 0 Å². The zero-order valence-corrected chi connectivity index (χ0v) is 21.4. The van der Waals surface area contributed by atoms with Gasteiger partial charge < -0.3 is 15.4 Å². The molecule has 3 N–H and O–H groups in total. The van der Waals surface area contributed by atoms with Crippen molar-refractivity contribution in [2.24, 2.45) is 23.7 Å². The maximum absolute atomic E-state index is 14.1. The van der Waals surface area contributed by atoms with Crippen molar-refractivity contribution in [1.29, 1.82) is 0 Å². The molecule has 2 aromatic heterocycles. The molecule has 4 bridgehead atoms. The van der Waals surface area contributed by atoms with Gasteiger partial charge in [-0.1, -0.05) is 24.3 Å². The van der Waals surface area contributed by atoms with Crippen LogP contribution in [0.25, 0.3) is 10.9 Å². The van der Waals surface area contributed by atoms with Gasteiger partial charge in [0, 0.05) is 54.4 Å². The first kappa shape index (κ1) is 24.0. The number of amides is 2. The molecule has 1 unspecified atom stereocenters. The van der Waals surface area contributed by atoms with Crippen molar-refractivity contribution in [3.63, 3.8) is 0 Å². The molecule has 7 rings (SSSR count). The summed E-state index contributed by atoms with van der Waals surface area (Å²) in [5, 5.41) is 14.8. The largest absolute Gasteiger partial charge is 0.465 e. The maximum atomic E-state index is 14.1. The Morgan fingerprint density at radius 3 is 2.43 bits per heavy atom. The summed E-state index contributed by atoms with van der Waals surface area (Å²) >= 11 is 0. The van der Waals surface area contributed by atoms with E-state index in [-0.39, 0.29) is 11.9 Å². The molecule has 1 aromatic carbocycles. The molecular weight excluding hydrogens is 464 g/mol. The van der Waals surface area contributed by atoms with Gasteiger partial charge in [-0.25, -0.2) is 4.79 Å². The highest BCUT2D eigenvalue weighted by Gasteiger charge is 2.56. The molecule has 194 valence electrons. The average molecular weight is 501 g/mol. The van der Waals surface area contributed by atoms with E-state index in [2.05, 4.69) is 15.3 Å². The second-order valence-corrected chi connectivity index (χ2v) is 11.7. The summed E-state index contributed by atoms with van der Waals surface area (Å²) < 4.78 is 0. The summed E-state index contributed by atoms with van der Waals surface area (Å²) in [4.78, 5) is 36.4. The van der Waals surface area contributed by atoms with Gasteiger partial charge >= 0.3 is 6.09 Å². The lowest BCUT2D eigenvalue weighted by Gasteiger charge is -2.59. The highest BCUT2D eigenvalue weighted by atomic mass is 16.4. The molecule has 4 saturated carbocycles. The third kappa shape index (κ3) is 4.38. The number of benzene rings is 1. The number of fused-ring (bicyclic) bond motifs is 1. The van der Waals surface area contributed by atoms with Gasteiger partial charge in [0.1, 0.15) is 5.54 Å². The topological polar surface area (TPSA) is 98.3 Å². The molecule has 37 heavy (non-hydrogen) atoms. The Balaban J connectivity index is 1.33. The second-order valence-electron chi connectivity index (χ2n) is 11.7. The molecule has 0 saturated heterocycles. The van der Waals surface area contributed by atoms with Gasteiger partial charge in [-0.3, -0.25) is 14.7 Å². The number of carbonyl (C=O) groups is 2. The van der Waals surface area contributed by atoms with Crippen LogP contribution in [-0.2, 0) is 17.6 Å². The normalized spacial score (nSPS) is 27.6. The van der Waals surface area contributed by atoms with E-state index in [0.29, 0.717) is 31.2 Å². The smallest absolute Gasteiger partial charge is 0.408 e. The molecule has 7 nitrogen and oxygen atoms in total. The number of para-hydroxylation sites is 1. The molecule has 2 amide bonds. The highest BCUT2D eigenvalue weighted by molar-refractivity contribution is 5.91. The number of H-pyrrole nitrogens is 1. The predicted octanol–water partition coefficient (Wildman–Crippen LogP) is 5.03. The number of hydrogen-bond acceptors (Lipinski definition) is 3. The summed E-state index contributed by atoms with van der Waals surface area (Å²) in [5.41, 5.74) is 1.62. The van der Waals surface area contributed by atoms with E-state index in [1.54, 1.807) is 11.1 Å². The van der Waals surface area contributed by atoms with Crippen LogP contribution in [-0.4, -0.2) is 50.1 Å². The molecule has 1 atom stereocenters. The fourth-order valence-corrected chi connectivity index (χ4v) is 7.95. The van der Waals surface area contributed by atoms with Crippen molar-refractivity contribution in [1.82, 2.24) is 20.2 Å². The van der Waals surface area contributed by atoms with E-state index in [1.807, 2.05) is 55.6 Å². The molecule has 0 aliphatic heterocycles. The van der Waals surface area contributed by atoms with Crippen LogP contribution in [0.15, 0.2) is 54.9 Å². The van der Waals surface area contributed by atoms with Crippen LogP contribution in [0.4, 0.5) is 4.79 Å². The summed E-state index contributed by atoms with van der Waals surface area (Å²) in [6.45, 7) is 2.25. The molecule has 0 radical (unpaired) electrons. The van der Waals surface area contributed by atoms with Crippen LogP contribution in [0.1, 0.15) is 50.3 Å². The first-order valence-electron chi connectivity index (χ1n) is 13.7. The van der Waals surface area contributed by atoms with Gasteiger partial charge in [-0.05, 0) is 86.5 Å². The fourth-order valence-electron chi connectivity index (χ4n) is 7.95. The second kappa shape index (κ2) is 9.51. The Kier molecular flexibility index (Phi) is 6.17. The maximum Gasteiger partial charge on any atom is 0.408 e. The van der Waals surface area contributed by atoms with Gasteiger partial charge in [-0.15, -0.1) is 0 Å². The van der Waals surface area contributed by atoms with Crippen LogP contribution < -0.4 is 5.32 Å². The molecule has 7 heteroatoms. The van der Waals surface area contributed by atoms with E-state index in [9.17, 15) is 14.7 Å². The Morgan fingerprint density at radius 1 is 1.05 bits per heavy atom. The minimum Gasteiger partial charge on any atom is -0.465 e. The van der Waals surface area contributed by atoms with E-state index < -0.39 is 11.6 Å². The third-order valence-corrected chi connectivity index (χ3v) is 9.30. The van der Waals surface area contributed by atoms with Crippen LogP contribution in [0.3, 0.4) is 0 Å². The Bertz CT molecular complexity index is 1260. The minimum absolute atomic E-state index is 0.109. The lowest BCUT2D eigenvalue weighted by atomic mass is 9.53. The summed E-state index contributed by atoms with van der Waals surface area (Å²) in [6.07, 6.45) is 9.27. The van der Waals surface area contributed by atoms with Crippen LogP contribution in [0.2, 0.25) is 0 Å². The lowest BCUT2D eigenvalue weighted by Crippen LogP contribution is -2.68. The number of aromatic nitrogens is 2. The molecular formula is C30H36N4O3. The number of carboxylic acid groups (broad SMARTS) is 1. The monoisotopic (exact) mass is 500 g/mol. The van der Waals surface area contributed by atoms with Crippen molar-refractivity contribution < 1.29 is 14.7 Å². The minimum atomic E-state index is -1.24. The molecule has 4 aliphatic rings. The van der Waals surface area contributed by atoms with Crippen molar-refractivity contribution in [3.8, 4) is 0 Å². The zero-order chi connectivity index (χ0) is 25.6. The molecule has 4 aliphatic carbocycles. The van der Waals surface area contributed by atoms with Gasteiger partial charge in [0.2, 0.25) is 5.91 Å².